The number of aldehydes is 1. The molecule has 0 aromatic heterocycles. The van der Waals surface area contributed by atoms with E-state index in [1.807, 2.05) is 0 Å². The van der Waals surface area contributed by atoms with Crippen LogP contribution in [0, 0.1) is 0 Å². The summed E-state index contributed by atoms with van der Waals surface area (Å²) in [6.07, 6.45) is 2.25. The van der Waals surface area contributed by atoms with E-state index in [0.717, 1.165) is 12.5 Å². The number of aliphatic hydroxyl groups is 2. The number of hydrogen-bond donors (Lipinski definition) is 2. The van der Waals surface area contributed by atoms with Crippen LogP contribution < -0.4 is 15.2 Å². The van der Waals surface area contributed by atoms with Crippen molar-refractivity contribution in [3.63, 3.8) is 0 Å². The van der Waals surface area contributed by atoms with Crippen molar-refractivity contribution in [2.24, 2.45) is 0 Å². The van der Waals surface area contributed by atoms with Crippen molar-refractivity contribution in [3.8, 4) is 5.75 Å². The number of aliphatic hydroxyl groups excluding tert-OH is 2. The summed E-state index contributed by atoms with van der Waals surface area (Å²) in [4.78, 5) is 10.5. The predicted octanol–water partition coefficient (Wildman–Crippen LogP) is 0.0997. The Hall–Kier alpha value is -1.97. The second-order valence-electron chi connectivity index (χ2n) is 2.60. The fraction of sp³-hybridized carbons (Fsp3) is 0.100. The van der Waals surface area contributed by atoms with E-state index in [1.54, 1.807) is 0 Å². The van der Waals surface area contributed by atoms with Gasteiger partial charge in [0.15, 0.2) is 0 Å². The van der Waals surface area contributed by atoms with Gasteiger partial charge in [-0.15, -0.1) is 0 Å². The van der Waals surface area contributed by atoms with Crippen LogP contribution in [0.3, 0.4) is 0 Å². The van der Waals surface area contributed by atoms with E-state index < -0.39 is 0 Å². The molecule has 0 saturated heterocycles. The molecule has 0 unspecified atom stereocenters. The minimum Gasteiger partial charge on any atom is -0.515 e. The number of methoxy groups -OCH3 is 1. The lowest BCUT2D eigenvalue weighted by molar-refractivity contribution is 0.112. The highest BCUT2D eigenvalue weighted by molar-refractivity contribution is 5.75. The van der Waals surface area contributed by atoms with Crippen molar-refractivity contribution in [2.45, 2.75) is 0 Å². The molecule has 2 N–H and O–H groups in total. The molecule has 14 heavy (non-hydrogen) atoms. The Morgan fingerprint density at radius 3 is 2.43 bits per heavy atom. The van der Waals surface area contributed by atoms with Crippen LogP contribution in [0.25, 0.3) is 12.5 Å². The highest BCUT2D eigenvalue weighted by atomic mass is 16.5. The topological polar surface area (TPSA) is 66.8 Å². The molecule has 0 radical (unpaired) electrons. The summed E-state index contributed by atoms with van der Waals surface area (Å²) in [5.74, 6) is 0.331. The zero-order valence-electron chi connectivity index (χ0n) is 7.60. The number of carbonyl (C=O) groups excluding carboxylic acids is 1. The lowest BCUT2D eigenvalue weighted by Crippen LogP contribution is -2.27. The van der Waals surface area contributed by atoms with E-state index in [1.165, 1.54) is 19.2 Å². The van der Waals surface area contributed by atoms with Crippen LogP contribution in [0.4, 0.5) is 0 Å². The van der Waals surface area contributed by atoms with Crippen molar-refractivity contribution >= 4 is 18.8 Å². The summed E-state index contributed by atoms with van der Waals surface area (Å²) >= 11 is 0. The van der Waals surface area contributed by atoms with E-state index in [0.29, 0.717) is 28.0 Å². The number of benzene rings is 1. The largest absolute Gasteiger partial charge is 0.515 e. The van der Waals surface area contributed by atoms with Crippen LogP contribution in [0.5, 0.6) is 5.75 Å². The molecular formula is C10H10O4. The SMILES string of the molecule is COc1cc(C=O)cc(=CO)c1=CO. The second-order valence-corrected chi connectivity index (χ2v) is 2.60. The molecule has 0 aliphatic carbocycles. The predicted molar refractivity (Wildman–Crippen MR) is 51.8 cm³/mol. The quantitative estimate of drug-likeness (QED) is 0.655. The first-order valence-corrected chi connectivity index (χ1v) is 3.89. The number of carbonyl (C=O) groups is 1. The Balaban J connectivity index is 3.66. The van der Waals surface area contributed by atoms with Gasteiger partial charge in [-0.3, -0.25) is 4.79 Å². The van der Waals surface area contributed by atoms with Crippen LogP contribution in [0.15, 0.2) is 12.1 Å². The van der Waals surface area contributed by atoms with Crippen molar-refractivity contribution in [3.05, 3.63) is 28.1 Å². The molecule has 0 aliphatic rings. The molecule has 0 fully saturated rings. The van der Waals surface area contributed by atoms with Gasteiger partial charge < -0.3 is 14.9 Å². The molecule has 1 aromatic rings. The van der Waals surface area contributed by atoms with Crippen molar-refractivity contribution in [1.82, 2.24) is 0 Å². The smallest absolute Gasteiger partial charge is 0.150 e. The molecule has 4 heteroatoms. The van der Waals surface area contributed by atoms with Gasteiger partial charge in [0.1, 0.15) is 12.0 Å². The highest BCUT2D eigenvalue weighted by Crippen LogP contribution is 2.02. The number of rotatable bonds is 2. The van der Waals surface area contributed by atoms with Gasteiger partial charge in [-0.1, -0.05) is 0 Å². The van der Waals surface area contributed by atoms with Crippen LogP contribution in [0.2, 0.25) is 0 Å². The molecule has 4 nitrogen and oxygen atoms in total. The third kappa shape index (κ3) is 1.69. The molecule has 0 bridgehead atoms. The Bertz CT molecular complexity index is 448. The van der Waals surface area contributed by atoms with Gasteiger partial charge >= 0.3 is 0 Å². The third-order valence-electron chi connectivity index (χ3n) is 1.82. The first-order chi connectivity index (χ1) is 6.76. The first kappa shape index (κ1) is 10.1. The average Bonchev–Trinajstić information content (AvgIpc) is 2.26. The molecule has 1 rings (SSSR count). The molecule has 0 atom stereocenters. The molecule has 0 amide bonds. The summed E-state index contributed by atoms with van der Waals surface area (Å²) in [6, 6.07) is 2.92. The molecule has 0 spiro atoms. The molecule has 1 aromatic carbocycles. The van der Waals surface area contributed by atoms with Crippen LogP contribution >= 0.6 is 0 Å². The second kappa shape index (κ2) is 4.32. The maximum absolute atomic E-state index is 10.5. The fourth-order valence-corrected chi connectivity index (χ4v) is 1.15. The Kier molecular flexibility index (Phi) is 3.12. The monoisotopic (exact) mass is 194 g/mol. The van der Waals surface area contributed by atoms with E-state index in [4.69, 9.17) is 14.9 Å². The van der Waals surface area contributed by atoms with Crippen molar-refractivity contribution in [2.75, 3.05) is 7.11 Å². The Labute approximate surface area is 80.4 Å². The Morgan fingerprint density at radius 1 is 1.29 bits per heavy atom. The normalized spacial score (nSPS) is 12.9. The molecule has 0 aliphatic heterocycles. The maximum Gasteiger partial charge on any atom is 0.150 e. The lowest BCUT2D eigenvalue weighted by Gasteiger charge is -2.01. The standard InChI is InChI=1S/C10H10O4/c1-14-10-3-7(4-11)2-8(5-12)9(10)6-13/h2-6,12-13H,1H3. The van der Waals surface area contributed by atoms with Gasteiger partial charge in [0, 0.05) is 10.8 Å². The van der Waals surface area contributed by atoms with Gasteiger partial charge in [0.05, 0.1) is 24.9 Å². The summed E-state index contributed by atoms with van der Waals surface area (Å²) in [6.45, 7) is 0. The van der Waals surface area contributed by atoms with Gasteiger partial charge in [0.25, 0.3) is 0 Å². The summed E-state index contributed by atoms with van der Waals surface area (Å²) in [7, 11) is 1.41. The van der Waals surface area contributed by atoms with Gasteiger partial charge in [-0.25, -0.2) is 0 Å². The molecule has 0 heterocycles. The van der Waals surface area contributed by atoms with E-state index in [2.05, 4.69) is 0 Å². The van der Waals surface area contributed by atoms with Crippen molar-refractivity contribution < 1.29 is 19.7 Å². The molecule has 0 saturated carbocycles. The molecule has 74 valence electrons. The Morgan fingerprint density at radius 2 is 2.00 bits per heavy atom. The summed E-state index contributed by atoms with van der Waals surface area (Å²) in [5.41, 5.74) is 0.368. The summed E-state index contributed by atoms with van der Waals surface area (Å²) < 4.78 is 4.94. The van der Waals surface area contributed by atoms with E-state index >= 15 is 0 Å². The number of hydrogen-bond acceptors (Lipinski definition) is 4. The minimum absolute atomic E-state index is 0.328. The number of ether oxygens (including phenoxy) is 1. The highest BCUT2D eigenvalue weighted by Gasteiger charge is 2.00. The zero-order chi connectivity index (χ0) is 10.6. The van der Waals surface area contributed by atoms with Crippen molar-refractivity contribution in [1.29, 1.82) is 0 Å². The zero-order valence-corrected chi connectivity index (χ0v) is 7.60. The fourth-order valence-electron chi connectivity index (χ4n) is 1.15. The van der Waals surface area contributed by atoms with Gasteiger partial charge in [-0.05, 0) is 12.1 Å². The average molecular weight is 194 g/mol. The van der Waals surface area contributed by atoms with Crippen LogP contribution in [-0.2, 0) is 0 Å². The lowest BCUT2D eigenvalue weighted by atomic mass is 10.1. The third-order valence-corrected chi connectivity index (χ3v) is 1.82. The first-order valence-electron chi connectivity index (χ1n) is 3.89. The van der Waals surface area contributed by atoms with Gasteiger partial charge in [-0.2, -0.15) is 0 Å². The van der Waals surface area contributed by atoms with Crippen LogP contribution in [0.1, 0.15) is 10.4 Å². The minimum atomic E-state index is 0.328. The molecular weight excluding hydrogens is 184 g/mol. The maximum atomic E-state index is 10.5. The van der Waals surface area contributed by atoms with E-state index in [-0.39, 0.29) is 0 Å². The van der Waals surface area contributed by atoms with E-state index in [9.17, 15) is 4.79 Å². The summed E-state index contributed by atoms with van der Waals surface area (Å²) in [5, 5.41) is 18.4. The van der Waals surface area contributed by atoms with Crippen LogP contribution in [-0.4, -0.2) is 23.6 Å². The van der Waals surface area contributed by atoms with Gasteiger partial charge in [0.2, 0.25) is 0 Å².